The molecule has 1 nitrogen and oxygen atoms in total. The molecule has 4 atom stereocenters. The highest BCUT2D eigenvalue weighted by Crippen LogP contribution is 2.70. The Hall–Kier alpha value is -6.48. The number of hydrogen-bond donors (Lipinski definition) is 0. The van der Waals surface area contributed by atoms with Crippen molar-refractivity contribution in [3.05, 3.63) is 221 Å². The van der Waals surface area contributed by atoms with Gasteiger partial charge in [-0.1, -0.05) is 183 Å². The second-order valence-electron chi connectivity index (χ2n) is 17.5. The van der Waals surface area contributed by atoms with E-state index in [9.17, 15) is 0 Å². The number of allylic oxidation sites excluding steroid dienone is 3. The van der Waals surface area contributed by atoms with Crippen molar-refractivity contribution in [1.29, 1.82) is 0 Å². The summed E-state index contributed by atoms with van der Waals surface area (Å²) in [6, 6.07) is 68.0. The van der Waals surface area contributed by atoms with E-state index in [1.807, 2.05) is 11.3 Å². The molecule has 0 saturated heterocycles. The average Bonchev–Trinajstić information content (AvgIpc) is 3.71. The molecule has 1 aromatic heterocycles. The van der Waals surface area contributed by atoms with Gasteiger partial charge in [0.2, 0.25) is 0 Å². The van der Waals surface area contributed by atoms with Gasteiger partial charge in [0.05, 0.1) is 11.2 Å². The molecule has 2 heteroatoms. The summed E-state index contributed by atoms with van der Waals surface area (Å²) in [4.78, 5) is 4.28. The molecule has 0 radical (unpaired) electrons. The van der Waals surface area contributed by atoms with E-state index < -0.39 is 11.0 Å². The minimum Gasteiger partial charge on any atom is -0.326 e. The first-order chi connectivity index (χ1) is 29.4. The fraction of sp³-hybridized carbons (Fsp3) is 0.138. The van der Waals surface area contributed by atoms with Gasteiger partial charge in [0.25, 0.3) is 0 Å². The summed E-state index contributed by atoms with van der Waals surface area (Å²) in [5, 5.41) is 6.59. The Morgan fingerprint density at radius 3 is 1.60 bits per heavy atom. The van der Waals surface area contributed by atoms with Crippen LogP contribution < -0.4 is 4.90 Å². The molecule has 4 unspecified atom stereocenters. The van der Waals surface area contributed by atoms with Gasteiger partial charge < -0.3 is 4.90 Å². The maximum atomic E-state index is 2.82. The van der Waals surface area contributed by atoms with Crippen molar-refractivity contribution in [3.8, 4) is 22.3 Å². The van der Waals surface area contributed by atoms with Crippen LogP contribution >= 0.6 is 11.3 Å². The lowest BCUT2D eigenvalue weighted by Gasteiger charge is -2.60. The maximum absolute atomic E-state index is 2.82. The zero-order valence-electron chi connectivity index (χ0n) is 34.4. The van der Waals surface area contributed by atoms with E-state index in [0.29, 0.717) is 0 Å². The van der Waals surface area contributed by atoms with Crippen molar-refractivity contribution < 1.29 is 0 Å². The van der Waals surface area contributed by atoms with Crippen LogP contribution in [0.25, 0.3) is 59.5 Å². The largest absolute Gasteiger partial charge is 0.326 e. The predicted molar refractivity (Wildman–Crippen MR) is 256 cm³/mol. The highest BCUT2D eigenvalue weighted by atomic mass is 32.1. The Morgan fingerprint density at radius 2 is 0.983 bits per heavy atom. The van der Waals surface area contributed by atoms with Gasteiger partial charge in [-0.2, -0.15) is 0 Å². The molecule has 9 aromatic rings. The van der Waals surface area contributed by atoms with Gasteiger partial charge in [-0.3, -0.25) is 0 Å². The molecule has 0 amide bonds. The molecule has 2 aliphatic carbocycles. The van der Waals surface area contributed by atoms with E-state index in [4.69, 9.17) is 0 Å². The minimum absolute atomic E-state index is 0.210. The topological polar surface area (TPSA) is 3.24 Å². The Morgan fingerprint density at radius 1 is 0.483 bits per heavy atom. The van der Waals surface area contributed by atoms with E-state index in [0.717, 1.165) is 0 Å². The van der Waals surface area contributed by atoms with Crippen molar-refractivity contribution in [1.82, 2.24) is 0 Å². The lowest BCUT2D eigenvalue weighted by Crippen LogP contribution is -2.56. The molecule has 0 saturated carbocycles. The van der Waals surface area contributed by atoms with Crippen LogP contribution in [-0.4, -0.2) is 0 Å². The summed E-state index contributed by atoms with van der Waals surface area (Å²) in [5.74, 6) is 0.439. The van der Waals surface area contributed by atoms with Gasteiger partial charge in [0.1, 0.15) is 0 Å². The van der Waals surface area contributed by atoms with Crippen LogP contribution in [0.1, 0.15) is 55.2 Å². The lowest BCUT2D eigenvalue weighted by molar-refractivity contribution is 0.426. The van der Waals surface area contributed by atoms with Crippen LogP contribution in [0.2, 0.25) is 0 Å². The zero-order chi connectivity index (χ0) is 40.3. The van der Waals surface area contributed by atoms with Crippen LogP contribution in [0.5, 0.6) is 0 Å². The smallest absolute Gasteiger partial charge is 0.0997 e. The molecular formula is C58H45NS. The van der Waals surface area contributed by atoms with Gasteiger partial charge in [0, 0.05) is 37.9 Å². The number of rotatable bonds is 4. The Balaban J connectivity index is 1.31. The van der Waals surface area contributed by atoms with Crippen molar-refractivity contribution in [3.63, 3.8) is 0 Å². The molecule has 2 heterocycles. The number of anilines is 2. The third-order valence-corrected chi connectivity index (χ3v) is 15.6. The van der Waals surface area contributed by atoms with Crippen molar-refractivity contribution >= 4 is 59.9 Å². The van der Waals surface area contributed by atoms with Crippen LogP contribution in [0.4, 0.5) is 11.4 Å². The average molecular weight is 788 g/mol. The molecule has 288 valence electrons. The highest BCUT2D eigenvalue weighted by Gasteiger charge is 2.60. The molecule has 0 fully saturated rings. The molecule has 0 N–H and O–H groups in total. The summed E-state index contributed by atoms with van der Waals surface area (Å²) < 4.78 is 1.36. The standard InChI is InChI=1S/C58H45NS/c1-36-49(40-24-12-7-13-25-40)35-57(3)53-46-28-16-14-26-44(46)45-27-15-17-29-47(45)54(53)59(58(4)55(57)51(36)37(2)52-48-30-18-19-31-50(48)60-56(52)58)43-33-41(38-20-8-5-9-21-38)32-42(34-43)39-22-10-6-11-23-39/h5-37H,1-4H3. The van der Waals surface area contributed by atoms with Crippen LogP contribution in [-0.2, 0) is 11.0 Å². The molecule has 12 rings (SSSR count). The van der Waals surface area contributed by atoms with Gasteiger partial charge in [-0.25, -0.2) is 0 Å². The normalized spacial score (nSPS) is 21.8. The van der Waals surface area contributed by atoms with E-state index in [1.54, 1.807) is 5.57 Å². The first-order valence-corrected chi connectivity index (χ1v) is 22.2. The number of benzene rings is 8. The molecule has 3 aliphatic rings. The molecule has 0 spiro atoms. The van der Waals surface area contributed by atoms with Crippen LogP contribution in [0, 0.1) is 5.92 Å². The first-order valence-electron chi connectivity index (χ1n) is 21.4. The second-order valence-corrected chi connectivity index (χ2v) is 18.6. The Bertz CT molecular complexity index is 3210. The third-order valence-electron chi connectivity index (χ3n) is 14.2. The summed E-state index contributed by atoms with van der Waals surface area (Å²) in [6.07, 6.45) is 2.70. The van der Waals surface area contributed by atoms with E-state index in [1.165, 1.54) is 98.0 Å². The monoisotopic (exact) mass is 787 g/mol. The Labute approximate surface area is 356 Å². The quantitative estimate of drug-likeness (QED) is 0.127. The summed E-state index contributed by atoms with van der Waals surface area (Å²) in [7, 11) is 0. The van der Waals surface area contributed by atoms with Crippen molar-refractivity contribution in [2.45, 2.75) is 44.6 Å². The van der Waals surface area contributed by atoms with Gasteiger partial charge in [-0.15, -0.1) is 11.3 Å². The molecule has 0 bridgehead atoms. The molecular weight excluding hydrogens is 743 g/mol. The van der Waals surface area contributed by atoms with Crippen LogP contribution in [0.15, 0.2) is 199 Å². The molecule has 8 aromatic carbocycles. The van der Waals surface area contributed by atoms with Crippen molar-refractivity contribution in [2.75, 3.05) is 4.90 Å². The molecule has 1 aliphatic heterocycles. The zero-order valence-corrected chi connectivity index (χ0v) is 35.2. The Kier molecular flexibility index (Phi) is 7.69. The second kappa shape index (κ2) is 13.0. The minimum atomic E-state index is -0.538. The van der Waals surface area contributed by atoms with Gasteiger partial charge >= 0.3 is 0 Å². The summed E-state index contributed by atoms with van der Waals surface area (Å²) >= 11 is 2.01. The SMILES string of the molecule is CC1C(c2ccccc2)=CC2(C)C3=C1C(C)c1c(sc4ccccc14)C3(C)N(c1cc(-c3ccccc3)cc(-c3ccccc3)c1)c1c2c2ccccc2c2ccccc12. The maximum Gasteiger partial charge on any atom is 0.0997 e. The number of hydrogen-bond acceptors (Lipinski definition) is 2. The molecule has 60 heavy (non-hydrogen) atoms. The fourth-order valence-corrected chi connectivity index (χ4v) is 13.3. The number of nitrogens with zero attached hydrogens (tertiary/aromatic N) is 1. The summed E-state index contributed by atoms with van der Waals surface area (Å²) in [5.41, 5.74) is 15.1. The number of fused-ring (bicyclic) bond motifs is 11. The predicted octanol–water partition coefficient (Wildman–Crippen LogP) is 16.0. The van der Waals surface area contributed by atoms with Crippen molar-refractivity contribution in [2.24, 2.45) is 5.92 Å². The number of thiophene rings is 1. The van der Waals surface area contributed by atoms with Crippen LogP contribution in [0.3, 0.4) is 0 Å². The third kappa shape index (κ3) is 4.80. The van der Waals surface area contributed by atoms with E-state index in [2.05, 4.69) is 221 Å². The van der Waals surface area contributed by atoms with E-state index in [-0.39, 0.29) is 11.8 Å². The first kappa shape index (κ1) is 35.5. The lowest BCUT2D eigenvalue weighted by atomic mass is 9.52. The van der Waals surface area contributed by atoms with Gasteiger partial charge in [-0.05, 0) is 110 Å². The van der Waals surface area contributed by atoms with E-state index >= 15 is 0 Å². The summed E-state index contributed by atoms with van der Waals surface area (Å²) in [6.45, 7) is 10.1. The fourth-order valence-electron chi connectivity index (χ4n) is 11.9. The highest BCUT2D eigenvalue weighted by molar-refractivity contribution is 7.19. The van der Waals surface area contributed by atoms with Gasteiger partial charge in [0.15, 0.2) is 0 Å².